The SMILES string of the molecule is COC(=O)c1c(NC(=O)CN2CCN(Cc3ccc(Cl)cc3Cl)CC2)sc2c1CCC2. The maximum atomic E-state index is 12.7. The first-order valence-corrected chi connectivity index (χ1v) is 11.9. The molecule has 1 aromatic heterocycles. The van der Waals surface area contributed by atoms with Gasteiger partial charge in [0, 0.05) is 47.6 Å². The average Bonchev–Trinajstić information content (AvgIpc) is 3.31. The molecule has 0 saturated carbocycles. The minimum atomic E-state index is -0.371. The van der Waals surface area contributed by atoms with Crippen LogP contribution in [0.15, 0.2) is 18.2 Å². The Bertz CT molecular complexity index is 987. The van der Waals surface area contributed by atoms with Crippen LogP contribution in [0.5, 0.6) is 0 Å². The predicted octanol–water partition coefficient (Wildman–Crippen LogP) is 4.09. The molecule has 9 heteroatoms. The number of carbonyl (C=O) groups is 2. The van der Waals surface area contributed by atoms with E-state index in [-0.39, 0.29) is 11.9 Å². The van der Waals surface area contributed by atoms with Gasteiger partial charge in [0.25, 0.3) is 0 Å². The van der Waals surface area contributed by atoms with Gasteiger partial charge in [-0.05, 0) is 42.5 Å². The summed E-state index contributed by atoms with van der Waals surface area (Å²) in [6.45, 7) is 4.37. The van der Waals surface area contributed by atoms with E-state index in [1.54, 1.807) is 6.07 Å². The summed E-state index contributed by atoms with van der Waals surface area (Å²) in [5, 5.41) is 4.90. The highest BCUT2D eigenvalue weighted by atomic mass is 35.5. The normalized spacial score (nSPS) is 16.9. The summed E-state index contributed by atoms with van der Waals surface area (Å²) >= 11 is 13.8. The van der Waals surface area contributed by atoms with Crippen molar-refractivity contribution in [2.45, 2.75) is 25.8 Å². The lowest BCUT2D eigenvalue weighted by molar-refractivity contribution is -0.117. The van der Waals surface area contributed by atoms with Crippen LogP contribution in [0, 0.1) is 0 Å². The molecule has 166 valence electrons. The molecule has 0 spiro atoms. The summed E-state index contributed by atoms with van der Waals surface area (Å²) in [4.78, 5) is 30.6. The maximum Gasteiger partial charge on any atom is 0.341 e. The number of nitrogens with zero attached hydrogens (tertiary/aromatic N) is 2. The number of aryl methyl sites for hydroxylation is 1. The number of thiophene rings is 1. The Hall–Kier alpha value is -1.64. The molecule has 1 N–H and O–H groups in total. The average molecular weight is 482 g/mol. The van der Waals surface area contributed by atoms with Crippen molar-refractivity contribution in [3.05, 3.63) is 49.8 Å². The second kappa shape index (κ2) is 9.88. The molecule has 2 aliphatic rings. The van der Waals surface area contributed by atoms with Crippen molar-refractivity contribution in [1.29, 1.82) is 0 Å². The van der Waals surface area contributed by atoms with Gasteiger partial charge < -0.3 is 10.1 Å². The first kappa shape index (κ1) is 22.6. The van der Waals surface area contributed by atoms with E-state index in [0.717, 1.165) is 63.1 Å². The van der Waals surface area contributed by atoms with Crippen LogP contribution in [-0.4, -0.2) is 61.5 Å². The molecule has 6 nitrogen and oxygen atoms in total. The van der Waals surface area contributed by atoms with Gasteiger partial charge in [-0.25, -0.2) is 4.79 Å². The lowest BCUT2D eigenvalue weighted by atomic mass is 10.1. The fourth-order valence-electron chi connectivity index (χ4n) is 4.18. The zero-order valence-electron chi connectivity index (χ0n) is 17.4. The summed E-state index contributed by atoms with van der Waals surface area (Å²) in [6.07, 6.45) is 2.87. The van der Waals surface area contributed by atoms with Gasteiger partial charge in [-0.2, -0.15) is 0 Å². The van der Waals surface area contributed by atoms with E-state index in [0.29, 0.717) is 27.2 Å². The monoisotopic (exact) mass is 481 g/mol. The zero-order valence-corrected chi connectivity index (χ0v) is 19.7. The molecule has 1 saturated heterocycles. The number of carbonyl (C=O) groups excluding carboxylic acids is 2. The Morgan fingerprint density at radius 2 is 1.87 bits per heavy atom. The molecule has 31 heavy (non-hydrogen) atoms. The van der Waals surface area contributed by atoms with Crippen LogP contribution < -0.4 is 5.32 Å². The molecule has 0 atom stereocenters. The number of benzene rings is 1. The number of nitrogens with one attached hydrogen (secondary N) is 1. The summed E-state index contributed by atoms with van der Waals surface area (Å²) < 4.78 is 4.95. The highest BCUT2D eigenvalue weighted by molar-refractivity contribution is 7.17. The number of anilines is 1. The summed E-state index contributed by atoms with van der Waals surface area (Å²) in [7, 11) is 1.38. The van der Waals surface area contributed by atoms with Gasteiger partial charge in [-0.3, -0.25) is 14.6 Å². The third kappa shape index (κ3) is 5.23. The van der Waals surface area contributed by atoms with Crippen molar-refractivity contribution in [3.63, 3.8) is 0 Å². The number of methoxy groups -OCH3 is 1. The second-order valence-corrected chi connectivity index (χ2v) is 9.84. The first-order valence-electron chi connectivity index (χ1n) is 10.4. The third-order valence-electron chi connectivity index (χ3n) is 5.80. The van der Waals surface area contributed by atoms with Crippen LogP contribution >= 0.6 is 34.5 Å². The number of hydrogen-bond acceptors (Lipinski definition) is 6. The Morgan fingerprint density at radius 1 is 1.13 bits per heavy atom. The molecule has 0 unspecified atom stereocenters. The Morgan fingerprint density at radius 3 is 2.58 bits per heavy atom. The number of halogens is 2. The second-order valence-electron chi connectivity index (χ2n) is 7.89. The van der Waals surface area contributed by atoms with Crippen LogP contribution in [0.4, 0.5) is 5.00 Å². The van der Waals surface area contributed by atoms with Gasteiger partial charge in [-0.15, -0.1) is 11.3 Å². The number of ether oxygens (including phenoxy) is 1. The number of hydrogen-bond donors (Lipinski definition) is 1. The minimum Gasteiger partial charge on any atom is -0.465 e. The van der Waals surface area contributed by atoms with Crippen molar-refractivity contribution in [1.82, 2.24) is 9.80 Å². The van der Waals surface area contributed by atoms with E-state index < -0.39 is 0 Å². The van der Waals surface area contributed by atoms with E-state index in [2.05, 4.69) is 15.1 Å². The molecule has 1 aliphatic carbocycles. The lowest BCUT2D eigenvalue weighted by Crippen LogP contribution is -2.48. The van der Waals surface area contributed by atoms with Gasteiger partial charge in [0.2, 0.25) is 5.91 Å². The summed E-state index contributed by atoms with van der Waals surface area (Å²) in [6, 6.07) is 5.58. The third-order valence-corrected chi connectivity index (χ3v) is 7.60. The Labute approximate surface area is 196 Å². The highest BCUT2D eigenvalue weighted by Crippen LogP contribution is 2.39. The molecule has 1 amide bonds. The smallest absolute Gasteiger partial charge is 0.341 e. The van der Waals surface area contributed by atoms with Crippen molar-refractivity contribution in [2.75, 3.05) is 45.2 Å². The summed E-state index contributed by atoms with van der Waals surface area (Å²) in [5.41, 5.74) is 2.64. The molecule has 2 aromatic rings. The Balaban J connectivity index is 1.30. The van der Waals surface area contributed by atoms with Gasteiger partial charge in [-0.1, -0.05) is 29.3 Å². The molecule has 4 rings (SSSR count). The van der Waals surface area contributed by atoms with Crippen LogP contribution in [-0.2, 0) is 28.9 Å². The molecule has 1 aromatic carbocycles. The molecular weight excluding hydrogens is 457 g/mol. The topological polar surface area (TPSA) is 61.9 Å². The number of fused-ring (bicyclic) bond motifs is 1. The van der Waals surface area contributed by atoms with Gasteiger partial charge >= 0.3 is 5.97 Å². The fraction of sp³-hybridized carbons (Fsp3) is 0.455. The van der Waals surface area contributed by atoms with Crippen LogP contribution in [0.25, 0.3) is 0 Å². The fourth-order valence-corrected chi connectivity index (χ4v) is 5.94. The highest BCUT2D eigenvalue weighted by Gasteiger charge is 2.28. The molecule has 0 bridgehead atoms. The van der Waals surface area contributed by atoms with E-state index >= 15 is 0 Å². The number of amides is 1. The van der Waals surface area contributed by atoms with Crippen molar-refractivity contribution >= 4 is 51.4 Å². The molecular formula is C22H25Cl2N3O3S. The van der Waals surface area contributed by atoms with Gasteiger partial charge in [0.1, 0.15) is 5.00 Å². The zero-order chi connectivity index (χ0) is 22.0. The minimum absolute atomic E-state index is 0.0979. The van der Waals surface area contributed by atoms with E-state index in [4.69, 9.17) is 27.9 Å². The standard InChI is InChI=1S/C22H25Cl2N3O3S/c1-30-22(29)20-16-3-2-4-18(16)31-21(20)25-19(28)13-27-9-7-26(8-10-27)12-14-5-6-15(23)11-17(14)24/h5-6,11H,2-4,7-10,12-13H2,1H3,(H,25,28). The van der Waals surface area contributed by atoms with E-state index in [9.17, 15) is 9.59 Å². The van der Waals surface area contributed by atoms with Gasteiger partial charge in [0.15, 0.2) is 0 Å². The van der Waals surface area contributed by atoms with Crippen LogP contribution in [0.2, 0.25) is 10.0 Å². The van der Waals surface area contributed by atoms with E-state index in [1.165, 1.54) is 23.3 Å². The lowest BCUT2D eigenvalue weighted by Gasteiger charge is -2.34. The number of piperazine rings is 1. The van der Waals surface area contributed by atoms with Crippen molar-refractivity contribution in [3.8, 4) is 0 Å². The Kier molecular flexibility index (Phi) is 7.19. The van der Waals surface area contributed by atoms with Crippen molar-refractivity contribution < 1.29 is 14.3 Å². The molecule has 1 fully saturated rings. The quantitative estimate of drug-likeness (QED) is 0.629. The number of rotatable bonds is 6. The number of esters is 1. The largest absolute Gasteiger partial charge is 0.465 e. The van der Waals surface area contributed by atoms with Crippen LogP contribution in [0.3, 0.4) is 0 Å². The maximum absolute atomic E-state index is 12.7. The van der Waals surface area contributed by atoms with Gasteiger partial charge in [0.05, 0.1) is 19.2 Å². The molecule has 2 heterocycles. The van der Waals surface area contributed by atoms with Crippen LogP contribution in [0.1, 0.15) is 32.8 Å². The first-order chi connectivity index (χ1) is 14.9. The molecule has 0 radical (unpaired) electrons. The summed E-state index contributed by atoms with van der Waals surface area (Å²) in [5.74, 6) is -0.469. The molecule has 1 aliphatic heterocycles. The van der Waals surface area contributed by atoms with Crippen molar-refractivity contribution in [2.24, 2.45) is 0 Å². The van der Waals surface area contributed by atoms with E-state index in [1.807, 2.05) is 12.1 Å². The predicted molar refractivity (Wildman–Crippen MR) is 124 cm³/mol.